The van der Waals surface area contributed by atoms with E-state index in [1.54, 1.807) is 13.0 Å². The molecule has 144 valence electrons. The molecular weight excluding hydrogens is 378 g/mol. The normalized spacial score (nSPS) is 15.2. The molecule has 9 nitrogen and oxygen atoms in total. The van der Waals surface area contributed by atoms with Gasteiger partial charge in [0.2, 0.25) is 0 Å². The van der Waals surface area contributed by atoms with Crippen molar-refractivity contribution >= 4 is 40.9 Å². The third-order valence-electron chi connectivity index (χ3n) is 3.30. The van der Waals surface area contributed by atoms with E-state index < -0.39 is 36.2 Å². The maximum absolute atomic E-state index is 12.3. The summed E-state index contributed by atoms with van der Waals surface area (Å²) in [6, 6.07) is 4.62. The van der Waals surface area contributed by atoms with Crippen LogP contribution in [0.25, 0.3) is 6.08 Å². The van der Waals surface area contributed by atoms with E-state index >= 15 is 0 Å². The number of ether oxygens (including phenoxy) is 3. The van der Waals surface area contributed by atoms with Gasteiger partial charge in [-0.3, -0.25) is 19.3 Å². The molecule has 2 amide bonds. The second kappa shape index (κ2) is 9.08. The first-order chi connectivity index (χ1) is 12.8. The first kappa shape index (κ1) is 20.3. The third kappa shape index (κ3) is 5.23. The zero-order valence-corrected chi connectivity index (χ0v) is 15.4. The summed E-state index contributed by atoms with van der Waals surface area (Å²) >= 11 is 0.710. The summed E-state index contributed by atoms with van der Waals surface area (Å²) in [5.41, 5.74) is 0.538. The van der Waals surface area contributed by atoms with Gasteiger partial charge in [-0.2, -0.15) is 0 Å². The Balaban J connectivity index is 2.18. The monoisotopic (exact) mass is 395 g/mol. The molecule has 0 aliphatic carbocycles. The van der Waals surface area contributed by atoms with Crippen LogP contribution in [0.5, 0.6) is 11.5 Å². The Morgan fingerprint density at radius 3 is 2.63 bits per heavy atom. The van der Waals surface area contributed by atoms with Crippen LogP contribution in [-0.2, 0) is 19.1 Å². The molecule has 2 rings (SSSR count). The summed E-state index contributed by atoms with van der Waals surface area (Å²) < 4.78 is 15.0. The standard InChI is InChI=1S/C17H17NO8S/c1-3-25-15(21)8-18-16(22)13(27-17(18)23)7-10-4-5-11(12(6-10)24-2)26-9-14(19)20/h4-7H,3,8-9H2,1-2H3,(H,19,20)/b13-7+. The lowest BCUT2D eigenvalue weighted by atomic mass is 10.2. The molecule has 1 aromatic carbocycles. The second-order valence-electron chi connectivity index (χ2n) is 5.17. The van der Waals surface area contributed by atoms with Crippen molar-refractivity contribution in [2.24, 2.45) is 0 Å². The van der Waals surface area contributed by atoms with Gasteiger partial charge in [0.25, 0.3) is 11.1 Å². The fourth-order valence-corrected chi connectivity index (χ4v) is 2.99. The van der Waals surface area contributed by atoms with Crippen LogP contribution in [0.3, 0.4) is 0 Å². The van der Waals surface area contributed by atoms with Crippen LogP contribution in [0.2, 0.25) is 0 Å². The summed E-state index contributed by atoms with van der Waals surface area (Å²) in [7, 11) is 1.39. The number of thioether (sulfide) groups is 1. The number of carboxylic acids is 1. The van der Waals surface area contributed by atoms with Crippen molar-refractivity contribution in [3.8, 4) is 11.5 Å². The molecule has 1 aromatic rings. The third-order valence-corrected chi connectivity index (χ3v) is 4.21. The maximum Gasteiger partial charge on any atom is 0.341 e. The number of carboxylic acid groups (broad SMARTS) is 1. The van der Waals surface area contributed by atoms with Crippen molar-refractivity contribution in [1.82, 2.24) is 4.90 Å². The van der Waals surface area contributed by atoms with Crippen molar-refractivity contribution in [2.75, 3.05) is 26.9 Å². The van der Waals surface area contributed by atoms with Crippen molar-refractivity contribution in [2.45, 2.75) is 6.92 Å². The van der Waals surface area contributed by atoms with E-state index in [4.69, 9.17) is 19.3 Å². The Morgan fingerprint density at radius 2 is 2.00 bits per heavy atom. The molecule has 1 N–H and O–H groups in total. The van der Waals surface area contributed by atoms with Crippen LogP contribution >= 0.6 is 11.8 Å². The molecule has 0 aromatic heterocycles. The summed E-state index contributed by atoms with van der Waals surface area (Å²) in [5.74, 6) is -1.88. The molecule has 0 radical (unpaired) electrons. The molecule has 1 saturated heterocycles. The zero-order chi connectivity index (χ0) is 20.0. The highest BCUT2D eigenvalue weighted by Gasteiger charge is 2.36. The Hall–Kier alpha value is -3.01. The minimum atomic E-state index is -1.13. The number of hydrogen-bond acceptors (Lipinski definition) is 8. The van der Waals surface area contributed by atoms with Gasteiger partial charge in [0.1, 0.15) is 6.54 Å². The van der Waals surface area contributed by atoms with E-state index in [-0.39, 0.29) is 23.0 Å². The average Bonchev–Trinajstić information content (AvgIpc) is 2.88. The number of amides is 2. The van der Waals surface area contributed by atoms with Crippen LogP contribution < -0.4 is 9.47 Å². The number of imide groups is 1. The van der Waals surface area contributed by atoms with Crippen molar-refractivity contribution in [3.05, 3.63) is 28.7 Å². The average molecular weight is 395 g/mol. The minimum absolute atomic E-state index is 0.144. The van der Waals surface area contributed by atoms with E-state index in [0.717, 1.165) is 4.90 Å². The number of esters is 1. The lowest BCUT2D eigenvalue weighted by Crippen LogP contribution is -2.34. The van der Waals surface area contributed by atoms with Crippen LogP contribution in [0.15, 0.2) is 23.1 Å². The van der Waals surface area contributed by atoms with Crippen molar-refractivity contribution in [1.29, 1.82) is 0 Å². The van der Waals surface area contributed by atoms with Gasteiger partial charge in [0.15, 0.2) is 18.1 Å². The number of hydrogen-bond donors (Lipinski definition) is 1. The highest BCUT2D eigenvalue weighted by Crippen LogP contribution is 2.34. The number of carbonyl (C=O) groups is 4. The van der Waals surface area contributed by atoms with E-state index in [0.29, 0.717) is 17.3 Å². The van der Waals surface area contributed by atoms with Gasteiger partial charge >= 0.3 is 11.9 Å². The molecule has 27 heavy (non-hydrogen) atoms. The van der Waals surface area contributed by atoms with Gasteiger partial charge in [-0.25, -0.2) is 4.79 Å². The molecule has 0 bridgehead atoms. The molecule has 1 aliphatic heterocycles. The Labute approximate surface area is 158 Å². The van der Waals surface area contributed by atoms with Gasteiger partial charge in [0.05, 0.1) is 18.6 Å². The molecule has 0 spiro atoms. The topological polar surface area (TPSA) is 119 Å². The number of benzene rings is 1. The van der Waals surface area contributed by atoms with Gasteiger partial charge in [0, 0.05) is 0 Å². The minimum Gasteiger partial charge on any atom is -0.493 e. The molecular formula is C17H17NO8S. The summed E-state index contributed by atoms with van der Waals surface area (Å²) in [6.07, 6.45) is 1.47. The first-order valence-electron chi connectivity index (χ1n) is 7.79. The Bertz CT molecular complexity index is 804. The Morgan fingerprint density at radius 1 is 1.26 bits per heavy atom. The summed E-state index contributed by atoms with van der Waals surface area (Å²) in [4.78, 5) is 47.4. The van der Waals surface area contributed by atoms with E-state index in [9.17, 15) is 19.2 Å². The Kier molecular flexibility index (Phi) is 6.83. The summed E-state index contributed by atoms with van der Waals surface area (Å²) in [5, 5.41) is 8.11. The largest absolute Gasteiger partial charge is 0.493 e. The van der Waals surface area contributed by atoms with E-state index in [1.807, 2.05) is 0 Å². The highest BCUT2D eigenvalue weighted by molar-refractivity contribution is 8.18. The van der Waals surface area contributed by atoms with Gasteiger partial charge in [-0.15, -0.1) is 0 Å². The lowest BCUT2D eigenvalue weighted by molar-refractivity contribution is -0.146. The number of carbonyl (C=O) groups excluding carboxylic acids is 3. The lowest BCUT2D eigenvalue weighted by Gasteiger charge is -2.11. The molecule has 10 heteroatoms. The van der Waals surface area contributed by atoms with E-state index in [1.165, 1.54) is 25.3 Å². The molecule has 1 heterocycles. The predicted molar refractivity (Wildman–Crippen MR) is 95.4 cm³/mol. The van der Waals surface area contributed by atoms with Gasteiger partial charge < -0.3 is 19.3 Å². The molecule has 0 saturated carbocycles. The van der Waals surface area contributed by atoms with Crippen LogP contribution in [0.1, 0.15) is 12.5 Å². The summed E-state index contributed by atoms with van der Waals surface area (Å²) in [6.45, 7) is 0.813. The SMILES string of the molecule is CCOC(=O)CN1C(=O)S/C(=C/c2ccc(OCC(=O)O)c(OC)c2)C1=O. The number of nitrogens with zero attached hydrogens (tertiary/aromatic N) is 1. The fourth-order valence-electron chi connectivity index (χ4n) is 2.16. The van der Waals surface area contributed by atoms with Crippen LogP contribution in [0, 0.1) is 0 Å². The molecule has 0 unspecified atom stereocenters. The predicted octanol–water partition coefficient (Wildman–Crippen LogP) is 1.76. The quantitative estimate of drug-likeness (QED) is 0.518. The van der Waals surface area contributed by atoms with Gasteiger partial charge in [-0.1, -0.05) is 6.07 Å². The second-order valence-corrected chi connectivity index (χ2v) is 6.16. The number of aliphatic carboxylic acids is 1. The fraction of sp³-hybridized carbons (Fsp3) is 0.294. The van der Waals surface area contributed by atoms with Crippen LogP contribution in [-0.4, -0.2) is 60.0 Å². The van der Waals surface area contributed by atoms with E-state index in [2.05, 4.69) is 0 Å². The zero-order valence-electron chi connectivity index (χ0n) is 14.6. The first-order valence-corrected chi connectivity index (χ1v) is 8.61. The number of rotatable bonds is 8. The van der Waals surface area contributed by atoms with Crippen molar-refractivity contribution < 1.29 is 38.5 Å². The highest BCUT2D eigenvalue weighted by atomic mass is 32.2. The maximum atomic E-state index is 12.3. The molecule has 1 aliphatic rings. The molecule has 0 atom stereocenters. The van der Waals surface area contributed by atoms with Crippen molar-refractivity contribution in [3.63, 3.8) is 0 Å². The van der Waals surface area contributed by atoms with Crippen LogP contribution in [0.4, 0.5) is 4.79 Å². The van der Waals surface area contributed by atoms with Gasteiger partial charge in [-0.05, 0) is 42.5 Å². The smallest absolute Gasteiger partial charge is 0.341 e. The molecule has 1 fully saturated rings. The number of methoxy groups -OCH3 is 1.